The highest BCUT2D eigenvalue weighted by atomic mass is 32.2. The number of sulfonamides is 1. The lowest BCUT2D eigenvalue weighted by Gasteiger charge is -2.18. The van der Waals surface area contributed by atoms with E-state index in [2.05, 4.69) is 14.4 Å². The number of hydrogen-bond donors (Lipinski definition) is 2. The molecule has 0 radical (unpaired) electrons. The molecule has 0 aliphatic heterocycles. The van der Waals surface area contributed by atoms with Gasteiger partial charge < -0.3 is 10.5 Å². The monoisotopic (exact) mass is 335 g/mol. The molecule has 1 atom stereocenters. The molecule has 0 bridgehead atoms. The van der Waals surface area contributed by atoms with Gasteiger partial charge in [-0.25, -0.2) is 13.1 Å². The zero-order valence-electron chi connectivity index (χ0n) is 12.5. The standard InChI is InChI=1S/C15H17N3O4S/c1-22-15(19)9-14(11-4-6-12(16)7-5-11)18-23(20,21)13-3-2-8-17-10-13/h2-8,10,14,18H,9,16H2,1H3. The van der Waals surface area contributed by atoms with Crippen LogP contribution in [-0.4, -0.2) is 26.5 Å². The van der Waals surface area contributed by atoms with Crippen molar-refractivity contribution < 1.29 is 17.9 Å². The molecule has 0 spiro atoms. The number of nitrogens with zero attached hydrogens (tertiary/aromatic N) is 1. The Balaban J connectivity index is 2.30. The van der Waals surface area contributed by atoms with Crippen molar-refractivity contribution >= 4 is 21.7 Å². The van der Waals surface area contributed by atoms with E-state index in [1.165, 1.54) is 31.6 Å². The Morgan fingerprint density at radius 2 is 2.00 bits per heavy atom. The van der Waals surface area contributed by atoms with Crippen LogP contribution in [0.15, 0.2) is 53.7 Å². The smallest absolute Gasteiger partial charge is 0.307 e. The highest BCUT2D eigenvalue weighted by molar-refractivity contribution is 7.89. The number of carbonyl (C=O) groups is 1. The average Bonchev–Trinajstić information content (AvgIpc) is 2.55. The summed E-state index contributed by atoms with van der Waals surface area (Å²) in [6, 6.07) is 8.77. The van der Waals surface area contributed by atoms with Gasteiger partial charge in [-0.05, 0) is 29.8 Å². The summed E-state index contributed by atoms with van der Waals surface area (Å²) in [5.74, 6) is -0.527. The second kappa shape index (κ2) is 7.21. The van der Waals surface area contributed by atoms with E-state index in [4.69, 9.17) is 5.73 Å². The molecule has 2 rings (SSSR count). The average molecular weight is 335 g/mol. The molecule has 7 nitrogen and oxygen atoms in total. The molecular formula is C15H17N3O4S. The van der Waals surface area contributed by atoms with Crippen LogP contribution < -0.4 is 10.5 Å². The minimum absolute atomic E-state index is 0.0188. The molecule has 0 aliphatic rings. The Morgan fingerprint density at radius 1 is 1.30 bits per heavy atom. The van der Waals surface area contributed by atoms with Crippen molar-refractivity contribution in [1.29, 1.82) is 0 Å². The summed E-state index contributed by atoms with van der Waals surface area (Å²) in [6.07, 6.45) is 2.57. The molecule has 122 valence electrons. The van der Waals surface area contributed by atoms with Crippen LogP contribution in [0.1, 0.15) is 18.0 Å². The van der Waals surface area contributed by atoms with Crippen LogP contribution >= 0.6 is 0 Å². The molecule has 23 heavy (non-hydrogen) atoms. The third-order valence-electron chi connectivity index (χ3n) is 3.18. The Hall–Kier alpha value is -2.45. The number of carbonyl (C=O) groups excluding carboxylic acids is 1. The maximum absolute atomic E-state index is 12.4. The molecular weight excluding hydrogens is 318 g/mol. The second-order valence-electron chi connectivity index (χ2n) is 4.81. The number of ether oxygens (including phenoxy) is 1. The quantitative estimate of drug-likeness (QED) is 0.607. The summed E-state index contributed by atoms with van der Waals surface area (Å²) in [7, 11) is -2.58. The number of methoxy groups -OCH3 is 1. The van der Waals surface area contributed by atoms with Crippen LogP contribution in [0.3, 0.4) is 0 Å². The van der Waals surface area contributed by atoms with E-state index in [9.17, 15) is 13.2 Å². The van der Waals surface area contributed by atoms with E-state index >= 15 is 0 Å². The largest absolute Gasteiger partial charge is 0.469 e. The number of pyridine rings is 1. The van der Waals surface area contributed by atoms with Crippen LogP contribution in [0.2, 0.25) is 0 Å². The fourth-order valence-electron chi connectivity index (χ4n) is 1.97. The highest BCUT2D eigenvalue weighted by Crippen LogP contribution is 2.21. The van der Waals surface area contributed by atoms with Crippen molar-refractivity contribution in [3.8, 4) is 0 Å². The number of esters is 1. The van der Waals surface area contributed by atoms with Crippen LogP contribution in [0, 0.1) is 0 Å². The summed E-state index contributed by atoms with van der Waals surface area (Å²) in [6.45, 7) is 0. The van der Waals surface area contributed by atoms with E-state index < -0.39 is 22.0 Å². The summed E-state index contributed by atoms with van der Waals surface area (Å²) in [5, 5.41) is 0. The first-order chi connectivity index (χ1) is 10.9. The van der Waals surface area contributed by atoms with Gasteiger partial charge in [-0.2, -0.15) is 0 Å². The summed E-state index contributed by atoms with van der Waals surface area (Å²) in [5.41, 5.74) is 6.78. The number of hydrogen-bond acceptors (Lipinski definition) is 6. The number of aromatic nitrogens is 1. The maximum atomic E-state index is 12.4. The minimum atomic E-state index is -3.82. The Labute approximate surface area is 134 Å². The van der Waals surface area contributed by atoms with Crippen LogP contribution in [0.5, 0.6) is 0 Å². The third kappa shape index (κ3) is 4.51. The Bertz CT molecular complexity index is 761. The number of benzene rings is 1. The van der Waals surface area contributed by atoms with Gasteiger partial charge >= 0.3 is 5.97 Å². The molecule has 3 N–H and O–H groups in total. The van der Waals surface area contributed by atoms with Crippen LogP contribution in [-0.2, 0) is 19.6 Å². The topological polar surface area (TPSA) is 111 Å². The third-order valence-corrected chi connectivity index (χ3v) is 4.64. The van der Waals surface area contributed by atoms with Gasteiger partial charge in [0.25, 0.3) is 0 Å². The highest BCUT2D eigenvalue weighted by Gasteiger charge is 2.24. The fourth-order valence-corrected chi connectivity index (χ4v) is 3.15. The number of anilines is 1. The van der Waals surface area contributed by atoms with Crippen molar-refractivity contribution in [1.82, 2.24) is 9.71 Å². The molecule has 1 heterocycles. The summed E-state index contributed by atoms with van der Waals surface area (Å²) in [4.78, 5) is 15.4. The minimum Gasteiger partial charge on any atom is -0.469 e. The van der Waals surface area contributed by atoms with Gasteiger partial charge in [0.05, 0.1) is 19.6 Å². The van der Waals surface area contributed by atoms with E-state index in [1.807, 2.05) is 0 Å². The number of rotatable bonds is 6. The predicted octanol–water partition coefficient (Wildman–Crippen LogP) is 1.25. The molecule has 0 amide bonds. The molecule has 0 saturated carbocycles. The van der Waals surface area contributed by atoms with E-state index in [-0.39, 0.29) is 11.3 Å². The summed E-state index contributed by atoms with van der Waals surface area (Å²) < 4.78 is 32.0. The maximum Gasteiger partial charge on any atom is 0.307 e. The molecule has 1 aromatic carbocycles. The first-order valence-electron chi connectivity index (χ1n) is 6.77. The molecule has 8 heteroatoms. The van der Waals surface area contributed by atoms with Crippen LogP contribution in [0.4, 0.5) is 5.69 Å². The number of nitrogens with two attached hydrogens (primary N) is 1. The van der Waals surface area contributed by atoms with E-state index in [0.29, 0.717) is 11.3 Å². The molecule has 1 aromatic heterocycles. The molecule has 1 unspecified atom stereocenters. The lowest BCUT2D eigenvalue weighted by atomic mass is 10.0. The van der Waals surface area contributed by atoms with Crippen molar-refractivity contribution in [2.75, 3.05) is 12.8 Å². The fraction of sp³-hybridized carbons (Fsp3) is 0.200. The SMILES string of the molecule is COC(=O)CC(NS(=O)(=O)c1cccnc1)c1ccc(N)cc1. The zero-order chi connectivity index (χ0) is 16.9. The first kappa shape index (κ1) is 16.9. The predicted molar refractivity (Wildman–Crippen MR) is 84.8 cm³/mol. The van der Waals surface area contributed by atoms with Crippen molar-refractivity contribution in [3.05, 3.63) is 54.4 Å². The molecule has 0 saturated heterocycles. The molecule has 2 aromatic rings. The van der Waals surface area contributed by atoms with Crippen LogP contribution in [0.25, 0.3) is 0 Å². The first-order valence-corrected chi connectivity index (χ1v) is 8.25. The Kier molecular flexibility index (Phi) is 5.30. The van der Waals surface area contributed by atoms with Gasteiger partial charge in [0.2, 0.25) is 10.0 Å². The lowest BCUT2D eigenvalue weighted by Crippen LogP contribution is -2.30. The lowest BCUT2D eigenvalue weighted by molar-refractivity contribution is -0.141. The van der Waals surface area contributed by atoms with Gasteiger partial charge in [0.15, 0.2) is 0 Å². The van der Waals surface area contributed by atoms with Gasteiger partial charge in [-0.15, -0.1) is 0 Å². The number of nitrogens with one attached hydrogen (secondary N) is 1. The molecule has 0 aliphatic carbocycles. The van der Waals surface area contributed by atoms with Gasteiger partial charge in [0.1, 0.15) is 4.90 Å². The normalized spacial score (nSPS) is 12.6. The Morgan fingerprint density at radius 3 is 2.57 bits per heavy atom. The van der Waals surface area contributed by atoms with Gasteiger partial charge in [0, 0.05) is 18.1 Å². The molecule has 0 fully saturated rings. The van der Waals surface area contributed by atoms with Crippen molar-refractivity contribution in [2.24, 2.45) is 0 Å². The van der Waals surface area contributed by atoms with Gasteiger partial charge in [-0.3, -0.25) is 9.78 Å². The number of nitrogen functional groups attached to an aromatic ring is 1. The summed E-state index contributed by atoms with van der Waals surface area (Å²) >= 11 is 0. The van der Waals surface area contributed by atoms with E-state index in [0.717, 1.165) is 0 Å². The second-order valence-corrected chi connectivity index (χ2v) is 6.52. The van der Waals surface area contributed by atoms with Crippen molar-refractivity contribution in [2.45, 2.75) is 17.4 Å². The van der Waals surface area contributed by atoms with E-state index in [1.54, 1.807) is 24.3 Å². The van der Waals surface area contributed by atoms with Gasteiger partial charge in [-0.1, -0.05) is 12.1 Å². The van der Waals surface area contributed by atoms with Crippen molar-refractivity contribution in [3.63, 3.8) is 0 Å². The zero-order valence-corrected chi connectivity index (χ0v) is 13.3.